The van der Waals surface area contributed by atoms with Crippen molar-refractivity contribution in [2.45, 2.75) is 32.2 Å². The number of benzene rings is 1. The highest BCUT2D eigenvalue weighted by Gasteiger charge is 2.28. The number of nitrogens with two attached hydrogens (primary N) is 1. The van der Waals surface area contributed by atoms with E-state index in [-0.39, 0.29) is 11.7 Å². The molecule has 1 aliphatic rings. The number of rotatable bonds is 3. The Labute approximate surface area is 100 Å². The normalized spacial score (nSPS) is 15.8. The van der Waals surface area contributed by atoms with Gasteiger partial charge >= 0.3 is 0 Å². The summed E-state index contributed by atoms with van der Waals surface area (Å²) < 4.78 is 13.2. The van der Waals surface area contributed by atoms with Crippen molar-refractivity contribution in [3.63, 3.8) is 0 Å². The molecule has 0 saturated heterocycles. The van der Waals surface area contributed by atoms with Crippen molar-refractivity contribution in [1.82, 2.24) is 0 Å². The van der Waals surface area contributed by atoms with Crippen molar-refractivity contribution in [2.24, 2.45) is 5.73 Å². The molecule has 0 spiro atoms. The minimum Gasteiger partial charge on any atom is -0.320 e. The standard InChI is InChI=1S/C13H17FN2O/c1-2-3-11(15)13(17)16-7-6-9-4-5-10(14)8-12(9)16/h4-5,8,11H,2-3,6-7,15H2,1H3/t11-/m0/s1. The molecule has 1 aromatic carbocycles. The number of fused-ring (bicyclic) bond motifs is 1. The van der Waals surface area contributed by atoms with Gasteiger partial charge in [0.25, 0.3) is 0 Å². The van der Waals surface area contributed by atoms with Gasteiger partial charge in [-0.05, 0) is 30.5 Å². The van der Waals surface area contributed by atoms with Gasteiger partial charge in [0.15, 0.2) is 0 Å². The summed E-state index contributed by atoms with van der Waals surface area (Å²) in [7, 11) is 0. The van der Waals surface area contributed by atoms with E-state index < -0.39 is 6.04 Å². The lowest BCUT2D eigenvalue weighted by molar-refractivity contribution is -0.119. The van der Waals surface area contributed by atoms with Crippen LogP contribution in [0.15, 0.2) is 18.2 Å². The predicted molar refractivity (Wildman–Crippen MR) is 65.3 cm³/mol. The zero-order valence-corrected chi connectivity index (χ0v) is 9.95. The Kier molecular flexibility index (Phi) is 3.43. The average molecular weight is 236 g/mol. The molecule has 0 bridgehead atoms. The minimum atomic E-state index is -0.478. The van der Waals surface area contributed by atoms with Gasteiger partial charge in [-0.15, -0.1) is 0 Å². The molecule has 3 nitrogen and oxygen atoms in total. The van der Waals surface area contributed by atoms with E-state index >= 15 is 0 Å². The van der Waals surface area contributed by atoms with E-state index in [2.05, 4.69) is 0 Å². The van der Waals surface area contributed by atoms with Crippen LogP contribution in [-0.2, 0) is 11.2 Å². The van der Waals surface area contributed by atoms with Crippen LogP contribution >= 0.6 is 0 Å². The van der Waals surface area contributed by atoms with E-state index in [4.69, 9.17) is 5.73 Å². The summed E-state index contributed by atoms with van der Waals surface area (Å²) in [5.41, 5.74) is 7.52. The summed E-state index contributed by atoms with van der Waals surface area (Å²) in [4.78, 5) is 13.7. The Morgan fingerprint density at radius 3 is 3.06 bits per heavy atom. The van der Waals surface area contributed by atoms with E-state index in [1.807, 2.05) is 6.92 Å². The highest BCUT2D eigenvalue weighted by Crippen LogP contribution is 2.29. The van der Waals surface area contributed by atoms with Gasteiger partial charge in [0.1, 0.15) is 5.82 Å². The van der Waals surface area contributed by atoms with Gasteiger partial charge in [-0.2, -0.15) is 0 Å². The number of nitrogens with zero attached hydrogens (tertiary/aromatic N) is 1. The summed E-state index contributed by atoms with van der Waals surface area (Å²) >= 11 is 0. The first kappa shape index (κ1) is 12.0. The van der Waals surface area contributed by atoms with Gasteiger partial charge in [-0.1, -0.05) is 19.4 Å². The zero-order valence-electron chi connectivity index (χ0n) is 9.95. The quantitative estimate of drug-likeness (QED) is 0.870. The smallest absolute Gasteiger partial charge is 0.243 e. The monoisotopic (exact) mass is 236 g/mol. The predicted octanol–water partition coefficient (Wildman–Crippen LogP) is 1.84. The van der Waals surface area contributed by atoms with Crippen molar-refractivity contribution in [3.8, 4) is 0 Å². The van der Waals surface area contributed by atoms with Crippen molar-refractivity contribution < 1.29 is 9.18 Å². The van der Waals surface area contributed by atoms with Crippen LogP contribution in [-0.4, -0.2) is 18.5 Å². The van der Waals surface area contributed by atoms with Crippen molar-refractivity contribution in [2.75, 3.05) is 11.4 Å². The van der Waals surface area contributed by atoms with Crippen molar-refractivity contribution in [3.05, 3.63) is 29.6 Å². The molecule has 0 radical (unpaired) electrons. The van der Waals surface area contributed by atoms with Crippen LogP contribution in [0.25, 0.3) is 0 Å². The Morgan fingerprint density at radius 1 is 1.59 bits per heavy atom. The van der Waals surface area contributed by atoms with E-state index in [1.54, 1.807) is 11.0 Å². The number of amides is 1. The van der Waals surface area contributed by atoms with Gasteiger partial charge in [-0.25, -0.2) is 4.39 Å². The maximum Gasteiger partial charge on any atom is 0.243 e. The molecule has 1 aliphatic heterocycles. The highest BCUT2D eigenvalue weighted by atomic mass is 19.1. The summed E-state index contributed by atoms with van der Waals surface area (Å²) in [6.07, 6.45) is 2.32. The Morgan fingerprint density at radius 2 is 2.35 bits per heavy atom. The molecule has 0 aromatic heterocycles. The second-order valence-electron chi connectivity index (χ2n) is 4.41. The van der Waals surface area contributed by atoms with E-state index in [0.29, 0.717) is 18.7 Å². The maximum absolute atomic E-state index is 13.2. The van der Waals surface area contributed by atoms with Gasteiger partial charge in [0.2, 0.25) is 5.91 Å². The van der Waals surface area contributed by atoms with Crippen LogP contribution in [0.4, 0.5) is 10.1 Å². The Balaban J connectivity index is 2.21. The van der Waals surface area contributed by atoms with E-state index in [1.165, 1.54) is 12.1 Å². The molecule has 1 heterocycles. The molecule has 17 heavy (non-hydrogen) atoms. The summed E-state index contributed by atoms with van der Waals surface area (Å²) in [6, 6.07) is 4.11. The molecule has 0 aliphatic carbocycles. The summed E-state index contributed by atoms with van der Waals surface area (Å²) in [6.45, 7) is 2.60. The van der Waals surface area contributed by atoms with Gasteiger partial charge < -0.3 is 10.6 Å². The van der Waals surface area contributed by atoms with Gasteiger partial charge in [0.05, 0.1) is 6.04 Å². The molecule has 1 aromatic rings. The molecule has 0 fully saturated rings. The van der Waals surface area contributed by atoms with Crippen LogP contribution in [0, 0.1) is 5.82 Å². The molecular formula is C13H17FN2O. The topological polar surface area (TPSA) is 46.3 Å². The van der Waals surface area contributed by atoms with E-state index in [9.17, 15) is 9.18 Å². The summed E-state index contributed by atoms with van der Waals surface area (Å²) in [5.74, 6) is -0.413. The third-order valence-electron chi connectivity index (χ3n) is 3.13. The van der Waals surface area contributed by atoms with Crippen molar-refractivity contribution in [1.29, 1.82) is 0 Å². The fraction of sp³-hybridized carbons (Fsp3) is 0.462. The lowest BCUT2D eigenvalue weighted by Crippen LogP contribution is -2.43. The van der Waals surface area contributed by atoms with Crippen LogP contribution in [0.1, 0.15) is 25.3 Å². The summed E-state index contributed by atoms with van der Waals surface area (Å²) in [5, 5.41) is 0. The molecule has 92 valence electrons. The number of hydrogen-bond acceptors (Lipinski definition) is 2. The molecular weight excluding hydrogens is 219 g/mol. The van der Waals surface area contributed by atoms with E-state index in [0.717, 1.165) is 18.4 Å². The zero-order chi connectivity index (χ0) is 12.4. The first-order valence-corrected chi connectivity index (χ1v) is 5.99. The third-order valence-corrected chi connectivity index (χ3v) is 3.13. The van der Waals surface area contributed by atoms with Gasteiger partial charge in [0, 0.05) is 12.2 Å². The minimum absolute atomic E-state index is 0.101. The fourth-order valence-electron chi connectivity index (χ4n) is 2.22. The Hall–Kier alpha value is -1.42. The molecule has 1 atom stereocenters. The van der Waals surface area contributed by atoms with Crippen LogP contribution in [0.2, 0.25) is 0 Å². The van der Waals surface area contributed by atoms with Crippen molar-refractivity contribution >= 4 is 11.6 Å². The van der Waals surface area contributed by atoms with Crippen LogP contribution in [0.3, 0.4) is 0 Å². The number of halogens is 1. The molecule has 1 amide bonds. The first-order chi connectivity index (χ1) is 8.13. The first-order valence-electron chi connectivity index (χ1n) is 5.99. The van der Waals surface area contributed by atoms with Crippen LogP contribution < -0.4 is 10.6 Å². The van der Waals surface area contributed by atoms with Crippen LogP contribution in [0.5, 0.6) is 0 Å². The molecule has 2 rings (SSSR count). The third kappa shape index (κ3) is 2.31. The second-order valence-corrected chi connectivity index (χ2v) is 4.41. The molecule has 0 saturated carbocycles. The number of anilines is 1. The lowest BCUT2D eigenvalue weighted by Gasteiger charge is -2.21. The molecule has 0 unspecified atom stereocenters. The Bertz CT molecular complexity index is 433. The maximum atomic E-state index is 13.2. The lowest BCUT2D eigenvalue weighted by atomic mass is 10.1. The average Bonchev–Trinajstić information content (AvgIpc) is 2.71. The fourth-order valence-corrected chi connectivity index (χ4v) is 2.22. The number of carbonyl (C=O) groups excluding carboxylic acids is 1. The van der Waals surface area contributed by atoms with Gasteiger partial charge in [-0.3, -0.25) is 4.79 Å². The number of hydrogen-bond donors (Lipinski definition) is 1. The molecule has 4 heteroatoms. The highest BCUT2D eigenvalue weighted by molar-refractivity contribution is 5.98. The number of carbonyl (C=O) groups is 1. The SMILES string of the molecule is CCC[C@H](N)C(=O)N1CCc2ccc(F)cc21. The second kappa shape index (κ2) is 4.84. The largest absolute Gasteiger partial charge is 0.320 e. The molecule has 2 N–H and O–H groups in total.